The molecule has 2 N–H and O–H groups in total. The first-order valence-corrected chi connectivity index (χ1v) is 10.9. The molecule has 1 amide bonds. The van der Waals surface area contributed by atoms with Crippen molar-refractivity contribution in [2.24, 2.45) is 5.92 Å². The van der Waals surface area contributed by atoms with Crippen LogP contribution in [0.1, 0.15) is 49.0 Å². The van der Waals surface area contributed by atoms with E-state index in [0.717, 1.165) is 0 Å². The van der Waals surface area contributed by atoms with Crippen LogP contribution in [0.3, 0.4) is 0 Å². The van der Waals surface area contributed by atoms with Gasteiger partial charge >= 0.3 is 12.1 Å². The van der Waals surface area contributed by atoms with Crippen LogP contribution in [0.25, 0.3) is 0 Å². The highest BCUT2D eigenvalue weighted by Gasteiger charge is 2.43. The Morgan fingerprint density at radius 1 is 1.26 bits per heavy atom. The summed E-state index contributed by atoms with van der Waals surface area (Å²) in [5, 5.41) is 23.2. The van der Waals surface area contributed by atoms with E-state index in [0.29, 0.717) is 30.9 Å². The number of carbonyl (C=O) groups is 2. The molecule has 1 atom stereocenters. The predicted molar refractivity (Wildman–Crippen MR) is 114 cm³/mol. The average molecular weight is 450 g/mol. The van der Waals surface area contributed by atoms with Gasteiger partial charge in [-0.05, 0) is 45.6 Å². The smallest absolute Gasteiger partial charge is 0.410 e. The molecular formula is C21H27N3O6S. The fourth-order valence-electron chi connectivity index (χ4n) is 3.72. The molecule has 0 radical (unpaired) electrons. The van der Waals surface area contributed by atoms with Crippen LogP contribution in [0.5, 0.6) is 0 Å². The molecular weight excluding hydrogens is 422 g/mol. The summed E-state index contributed by atoms with van der Waals surface area (Å²) in [6, 6.07) is 2.42. The van der Waals surface area contributed by atoms with Gasteiger partial charge in [0.05, 0.1) is 12.1 Å². The van der Waals surface area contributed by atoms with Crippen molar-refractivity contribution in [2.75, 3.05) is 13.1 Å². The summed E-state index contributed by atoms with van der Waals surface area (Å²) in [5.41, 5.74) is -2.52. The Balaban J connectivity index is 1.83. The van der Waals surface area contributed by atoms with Gasteiger partial charge in [0.25, 0.3) is 5.56 Å². The van der Waals surface area contributed by atoms with E-state index < -0.39 is 28.8 Å². The predicted octanol–water partition coefficient (Wildman–Crippen LogP) is 2.54. The van der Waals surface area contributed by atoms with E-state index in [1.807, 2.05) is 20.8 Å². The molecule has 9 nitrogen and oxygen atoms in total. The second-order valence-electron chi connectivity index (χ2n) is 8.69. The Bertz CT molecular complexity index is 989. The maximum atomic E-state index is 12.4. The summed E-state index contributed by atoms with van der Waals surface area (Å²) in [4.78, 5) is 42.0. The van der Waals surface area contributed by atoms with Crippen molar-refractivity contribution >= 4 is 23.4 Å². The Labute approximate surface area is 183 Å². The lowest BCUT2D eigenvalue weighted by molar-refractivity contribution is -0.0645. The number of carboxylic acids is 1. The number of aromatic carboxylic acids is 1. The second-order valence-corrected chi connectivity index (χ2v) is 9.59. The molecule has 31 heavy (non-hydrogen) atoms. The van der Waals surface area contributed by atoms with Crippen LogP contribution in [-0.2, 0) is 16.9 Å². The largest absolute Gasteiger partial charge is 0.478 e. The molecule has 2 aromatic rings. The van der Waals surface area contributed by atoms with Gasteiger partial charge in [-0.25, -0.2) is 14.6 Å². The molecule has 0 aromatic carbocycles. The molecule has 1 fully saturated rings. The van der Waals surface area contributed by atoms with Gasteiger partial charge in [-0.15, -0.1) is 11.3 Å². The third-order valence-corrected chi connectivity index (χ3v) is 6.21. The molecule has 0 aliphatic carbocycles. The van der Waals surface area contributed by atoms with Crippen LogP contribution >= 0.6 is 11.3 Å². The number of pyridine rings is 1. The van der Waals surface area contributed by atoms with Crippen LogP contribution in [-0.4, -0.2) is 55.4 Å². The Morgan fingerprint density at radius 3 is 2.48 bits per heavy atom. The highest BCUT2D eigenvalue weighted by atomic mass is 32.1. The van der Waals surface area contributed by atoms with Gasteiger partial charge < -0.3 is 24.4 Å². The van der Waals surface area contributed by atoms with E-state index in [9.17, 15) is 24.6 Å². The fraction of sp³-hybridized carbons (Fsp3) is 0.524. The number of aromatic nitrogens is 2. The number of piperidine rings is 1. The van der Waals surface area contributed by atoms with Gasteiger partial charge in [0.1, 0.15) is 16.2 Å². The summed E-state index contributed by atoms with van der Waals surface area (Å²) in [6.07, 6.45) is 3.40. The van der Waals surface area contributed by atoms with E-state index in [-0.39, 0.29) is 18.0 Å². The second kappa shape index (κ2) is 8.80. The molecule has 0 bridgehead atoms. The van der Waals surface area contributed by atoms with Gasteiger partial charge in [0.15, 0.2) is 0 Å². The van der Waals surface area contributed by atoms with Crippen molar-refractivity contribution in [2.45, 2.75) is 51.4 Å². The first-order valence-electron chi connectivity index (χ1n) is 10.0. The molecule has 1 aliphatic heterocycles. The number of amides is 1. The molecule has 1 aliphatic rings. The lowest BCUT2D eigenvalue weighted by atomic mass is 9.80. The third kappa shape index (κ3) is 5.31. The van der Waals surface area contributed by atoms with E-state index >= 15 is 0 Å². The van der Waals surface area contributed by atoms with Gasteiger partial charge in [-0.3, -0.25) is 4.79 Å². The number of ether oxygens (including phenoxy) is 1. The highest BCUT2D eigenvalue weighted by Crippen LogP contribution is 2.39. The molecule has 2 aromatic heterocycles. The number of aliphatic hydroxyl groups is 1. The van der Waals surface area contributed by atoms with E-state index in [4.69, 9.17) is 4.74 Å². The Kier molecular flexibility index (Phi) is 6.51. The molecule has 0 saturated carbocycles. The zero-order valence-corrected chi connectivity index (χ0v) is 18.6. The SMILES string of the molecule is CC(C)(C)OC(=O)N1CCC([C@@](O)(Cn2cc(C(=O)O)ccc2=O)c2nccs2)CC1. The maximum absolute atomic E-state index is 12.4. The first kappa shape index (κ1) is 23.0. The number of hydrogen-bond acceptors (Lipinski definition) is 7. The van der Waals surface area contributed by atoms with E-state index in [1.54, 1.807) is 16.5 Å². The number of thiazole rings is 1. The minimum atomic E-state index is -1.48. The number of carboxylic acid groups (broad SMARTS) is 1. The van der Waals surface area contributed by atoms with Gasteiger partial charge in [0.2, 0.25) is 0 Å². The van der Waals surface area contributed by atoms with E-state index in [2.05, 4.69) is 4.98 Å². The number of nitrogens with zero attached hydrogens (tertiary/aromatic N) is 3. The molecule has 168 valence electrons. The number of likely N-dealkylation sites (tertiary alicyclic amines) is 1. The van der Waals surface area contributed by atoms with Gasteiger partial charge in [-0.1, -0.05) is 0 Å². The van der Waals surface area contributed by atoms with Crippen LogP contribution in [0.2, 0.25) is 0 Å². The van der Waals surface area contributed by atoms with E-state index in [1.165, 1.54) is 34.2 Å². The topological polar surface area (TPSA) is 122 Å². The van der Waals surface area contributed by atoms with Crippen molar-refractivity contribution < 1.29 is 24.5 Å². The summed E-state index contributed by atoms with van der Waals surface area (Å²) < 4.78 is 6.64. The van der Waals surface area contributed by atoms with Gasteiger partial charge in [-0.2, -0.15) is 0 Å². The maximum Gasteiger partial charge on any atom is 0.410 e. The van der Waals surface area contributed by atoms with Crippen LogP contribution in [0.4, 0.5) is 4.79 Å². The van der Waals surface area contributed by atoms with Crippen molar-refractivity contribution in [3.63, 3.8) is 0 Å². The minimum absolute atomic E-state index is 0.0409. The van der Waals surface area contributed by atoms with Gasteiger partial charge in [0, 0.05) is 36.9 Å². The summed E-state index contributed by atoms with van der Waals surface area (Å²) >= 11 is 1.28. The minimum Gasteiger partial charge on any atom is -0.478 e. The number of carbonyl (C=O) groups excluding carboxylic acids is 1. The summed E-state index contributed by atoms with van der Waals surface area (Å²) in [6.45, 7) is 6.09. The van der Waals surface area contributed by atoms with Crippen LogP contribution < -0.4 is 5.56 Å². The standard InChI is InChI=1S/C21H27N3O6S/c1-20(2,3)30-19(28)23-9-6-15(7-10-23)21(29,18-22-8-11-31-18)13-24-12-14(17(26)27)4-5-16(24)25/h4-5,8,11-12,15,29H,6-7,9-10,13H2,1-3H3,(H,26,27)/t21-/m0/s1. The zero-order chi connectivity index (χ0) is 22.8. The molecule has 10 heteroatoms. The van der Waals surface area contributed by atoms with Crippen LogP contribution in [0, 0.1) is 5.92 Å². The lowest BCUT2D eigenvalue weighted by Crippen LogP contribution is -2.49. The average Bonchev–Trinajstić information content (AvgIpc) is 3.24. The van der Waals surface area contributed by atoms with Crippen molar-refractivity contribution in [1.82, 2.24) is 14.5 Å². The third-order valence-electron chi connectivity index (χ3n) is 5.27. The lowest BCUT2D eigenvalue weighted by Gasteiger charge is -2.40. The quantitative estimate of drug-likeness (QED) is 0.719. The number of rotatable bonds is 5. The normalized spacial score (nSPS) is 17.2. The molecule has 3 heterocycles. The number of hydrogen-bond donors (Lipinski definition) is 2. The molecule has 0 unspecified atom stereocenters. The Hall–Kier alpha value is -2.72. The monoisotopic (exact) mass is 449 g/mol. The fourth-order valence-corrected chi connectivity index (χ4v) is 4.52. The highest BCUT2D eigenvalue weighted by molar-refractivity contribution is 7.09. The van der Waals surface area contributed by atoms with Crippen molar-refractivity contribution in [3.8, 4) is 0 Å². The Morgan fingerprint density at radius 2 is 1.94 bits per heavy atom. The van der Waals surface area contributed by atoms with Crippen molar-refractivity contribution in [3.05, 3.63) is 50.8 Å². The first-order chi connectivity index (χ1) is 14.5. The molecule has 3 rings (SSSR count). The van der Waals surface area contributed by atoms with Crippen molar-refractivity contribution in [1.29, 1.82) is 0 Å². The summed E-state index contributed by atoms with van der Waals surface area (Å²) in [7, 11) is 0. The van der Waals surface area contributed by atoms with Crippen LogP contribution in [0.15, 0.2) is 34.7 Å². The molecule has 1 saturated heterocycles. The summed E-state index contributed by atoms with van der Waals surface area (Å²) in [5.74, 6) is -1.44. The molecule has 0 spiro atoms. The zero-order valence-electron chi connectivity index (χ0n) is 17.8.